The monoisotopic (exact) mass is 273 g/mol. The SMILES string of the molecule is CCC(C)(Nc1ccc(C2CNC2)cn1)C(F)(F)F. The van der Waals surface area contributed by atoms with E-state index in [0.29, 0.717) is 5.92 Å². The van der Waals surface area contributed by atoms with Crippen LogP contribution >= 0.6 is 0 Å². The van der Waals surface area contributed by atoms with Crippen LogP contribution in [0.5, 0.6) is 0 Å². The summed E-state index contributed by atoms with van der Waals surface area (Å²) in [7, 11) is 0. The van der Waals surface area contributed by atoms with E-state index in [9.17, 15) is 13.2 Å². The van der Waals surface area contributed by atoms with E-state index in [4.69, 9.17) is 0 Å². The van der Waals surface area contributed by atoms with Gasteiger partial charge in [0.25, 0.3) is 0 Å². The lowest BCUT2D eigenvalue weighted by Crippen LogP contribution is -2.48. The maximum atomic E-state index is 13.0. The van der Waals surface area contributed by atoms with Crippen molar-refractivity contribution >= 4 is 5.82 Å². The van der Waals surface area contributed by atoms with E-state index >= 15 is 0 Å². The van der Waals surface area contributed by atoms with E-state index in [2.05, 4.69) is 15.6 Å². The Hall–Kier alpha value is -1.30. The van der Waals surface area contributed by atoms with Crippen molar-refractivity contribution in [1.82, 2.24) is 10.3 Å². The Kier molecular flexibility index (Phi) is 3.71. The average Bonchev–Trinajstić information content (AvgIpc) is 2.27. The van der Waals surface area contributed by atoms with Crippen LogP contribution in [0.2, 0.25) is 0 Å². The quantitative estimate of drug-likeness (QED) is 0.885. The van der Waals surface area contributed by atoms with Gasteiger partial charge < -0.3 is 10.6 Å². The summed E-state index contributed by atoms with van der Waals surface area (Å²) in [4.78, 5) is 4.09. The molecule has 0 amide bonds. The second kappa shape index (κ2) is 5.00. The summed E-state index contributed by atoms with van der Waals surface area (Å²) < 4.78 is 38.9. The van der Waals surface area contributed by atoms with Crippen molar-refractivity contribution in [3.8, 4) is 0 Å². The molecule has 0 bridgehead atoms. The van der Waals surface area contributed by atoms with Crippen LogP contribution in [0.3, 0.4) is 0 Å². The summed E-state index contributed by atoms with van der Waals surface area (Å²) in [6, 6.07) is 3.46. The summed E-state index contributed by atoms with van der Waals surface area (Å²) in [6.07, 6.45) is -2.70. The summed E-state index contributed by atoms with van der Waals surface area (Å²) >= 11 is 0. The van der Waals surface area contributed by atoms with Gasteiger partial charge in [-0.25, -0.2) is 4.98 Å². The predicted octanol–water partition coefficient (Wildman–Crippen LogP) is 2.91. The van der Waals surface area contributed by atoms with Crippen LogP contribution in [-0.4, -0.2) is 29.8 Å². The van der Waals surface area contributed by atoms with Crippen molar-refractivity contribution in [1.29, 1.82) is 0 Å². The fourth-order valence-electron chi connectivity index (χ4n) is 1.89. The second-order valence-electron chi connectivity index (χ2n) is 5.14. The molecule has 1 atom stereocenters. The molecule has 2 N–H and O–H groups in total. The van der Waals surface area contributed by atoms with E-state index in [1.54, 1.807) is 12.3 Å². The maximum absolute atomic E-state index is 13.0. The summed E-state index contributed by atoms with van der Waals surface area (Å²) in [5, 5.41) is 5.64. The van der Waals surface area contributed by atoms with E-state index in [1.165, 1.54) is 6.92 Å². The van der Waals surface area contributed by atoms with Gasteiger partial charge in [-0.05, 0) is 25.0 Å². The van der Waals surface area contributed by atoms with Gasteiger partial charge in [-0.3, -0.25) is 0 Å². The molecule has 1 aliphatic heterocycles. The van der Waals surface area contributed by atoms with Gasteiger partial charge in [0.1, 0.15) is 11.4 Å². The smallest absolute Gasteiger partial charge is 0.356 e. The van der Waals surface area contributed by atoms with Crippen LogP contribution < -0.4 is 10.6 Å². The lowest BCUT2D eigenvalue weighted by atomic mass is 9.95. The molecular weight excluding hydrogens is 255 g/mol. The van der Waals surface area contributed by atoms with Crippen LogP contribution in [0.4, 0.5) is 19.0 Å². The molecule has 0 aromatic carbocycles. The fraction of sp³-hybridized carbons (Fsp3) is 0.615. The Bertz CT molecular complexity index is 426. The number of hydrogen-bond acceptors (Lipinski definition) is 3. The number of anilines is 1. The molecule has 1 aromatic rings. The molecule has 0 saturated carbocycles. The van der Waals surface area contributed by atoms with E-state index in [0.717, 1.165) is 25.6 Å². The molecule has 2 rings (SSSR count). The van der Waals surface area contributed by atoms with Crippen molar-refractivity contribution in [2.24, 2.45) is 0 Å². The topological polar surface area (TPSA) is 37.0 Å². The highest BCUT2D eigenvalue weighted by Crippen LogP contribution is 2.35. The first-order valence-corrected chi connectivity index (χ1v) is 6.37. The largest absolute Gasteiger partial charge is 0.411 e. The lowest BCUT2D eigenvalue weighted by Gasteiger charge is -2.32. The molecule has 1 saturated heterocycles. The molecule has 19 heavy (non-hydrogen) atoms. The fourth-order valence-corrected chi connectivity index (χ4v) is 1.89. The van der Waals surface area contributed by atoms with E-state index in [1.807, 2.05) is 6.07 Å². The molecule has 1 fully saturated rings. The highest BCUT2D eigenvalue weighted by Gasteiger charge is 2.50. The van der Waals surface area contributed by atoms with Gasteiger partial charge in [0.05, 0.1) is 0 Å². The third-order valence-electron chi connectivity index (χ3n) is 3.78. The number of nitrogens with zero attached hydrogens (tertiary/aromatic N) is 1. The van der Waals surface area contributed by atoms with Gasteiger partial charge in [0.15, 0.2) is 0 Å². The van der Waals surface area contributed by atoms with Gasteiger partial charge in [-0.1, -0.05) is 13.0 Å². The third kappa shape index (κ3) is 2.83. The van der Waals surface area contributed by atoms with Gasteiger partial charge >= 0.3 is 6.18 Å². The third-order valence-corrected chi connectivity index (χ3v) is 3.78. The van der Waals surface area contributed by atoms with Crippen molar-refractivity contribution in [2.45, 2.75) is 37.9 Å². The number of nitrogens with one attached hydrogen (secondary N) is 2. The first-order chi connectivity index (χ1) is 8.86. The highest BCUT2D eigenvalue weighted by atomic mass is 19.4. The molecule has 1 unspecified atom stereocenters. The number of alkyl halides is 3. The minimum atomic E-state index is -4.31. The summed E-state index contributed by atoms with van der Waals surface area (Å²) in [6.45, 7) is 4.47. The van der Waals surface area contributed by atoms with Gasteiger partial charge in [-0.15, -0.1) is 0 Å². The molecular formula is C13H18F3N3. The molecule has 3 nitrogen and oxygen atoms in total. The van der Waals surface area contributed by atoms with Crippen LogP contribution in [0.25, 0.3) is 0 Å². The lowest BCUT2D eigenvalue weighted by molar-refractivity contribution is -0.174. The Labute approximate surface area is 110 Å². The zero-order valence-corrected chi connectivity index (χ0v) is 11.0. The predicted molar refractivity (Wildman–Crippen MR) is 68.2 cm³/mol. The Morgan fingerprint density at radius 3 is 2.42 bits per heavy atom. The van der Waals surface area contributed by atoms with Crippen LogP contribution in [0.1, 0.15) is 31.7 Å². The molecule has 0 aliphatic carbocycles. The molecule has 1 aromatic heterocycles. The van der Waals surface area contributed by atoms with Gasteiger partial charge in [0.2, 0.25) is 0 Å². The van der Waals surface area contributed by atoms with Crippen LogP contribution in [-0.2, 0) is 0 Å². The highest BCUT2D eigenvalue weighted by molar-refractivity contribution is 5.40. The molecule has 106 valence electrons. The Balaban J connectivity index is 2.09. The first-order valence-electron chi connectivity index (χ1n) is 6.37. The van der Waals surface area contributed by atoms with Crippen molar-refractivity contribution < 1.29 is 13.2 Å². The summed E-state index contributed by atoms with van der Waals surface area (Å²) in [5.74, 6) is 0.694. The minimum absolute atomic E-state index is 0.0491. The summed E-state index contributed by atoms with van der Waals surface area (Å²) in [5.41, 5.74) is -0.881. The molecule has 0 radical (unpaired) electrons. The molecule has 1 aliphatic rings. The number of halogens is 3. The number of pyridine rings is 1. The number of aromatic nitrogens is 1. The van der Waals surface area contributed by atoms with E-state index < -0.39 is 11.7 Å². The van der Waals surface area contributed by atoms with Crippen molar-refractivity contribution in [2.75, 3.05) is 18.4 Å². The normalized spacial score (nSPS) is 19.6. The van der Waals surface area contributed by atoms with Crippen molar-refractivity contribution in [3.63, 3.8) is 0 Å². The minimum Gasteiger partial charge on any atom is -0.356 e. The Morgan fingerprint density at radius 2 is 2.05 bits per heavy atom. The zero-order chi connectivity index (χ0) is 14.1. The van der Waals surface area contributed by atoms with Gasteiger partial charge in [-0.2, -0.15) is 13.2 Å². The van der Waals surface area contributed by atoms with E-state index in [-0.39, 0.29) is 12.2 Å². The van der Waals surface area contributed by atoms with Crippen molar-refractivity contribution in [3.05, 3.63) is 23.9 Å². The molecule has 0 spiro atoms. The zero-order valence-electron chi connectivity index (χ0n) is 11.0. The van der Waals surface area contributed by atoms with Crippen LogP contribution in [0.15, 0.2) is 18.3 Å². The molecule has 6 heteroatoms. The van der Waals surface area contributed by atoms with Crippen LogP contribution in [0, 0.1) is 0 Å². The second-order valence-corrected chi connectivity index (χ2v) is 5.14. The number of hydrogen-bond donors (Lipinski definition) is 2. The van der Waals surface area contributed by atoms with Gasteiger partial charge in [0, 0.05) is 25.2 Å². The maximum Gasteiger partial charge on any atom is 0.411 e. The number of rotatable bonds is 4. The average molecular weight is 273 g/mol. The standard InChI is InChI=1S/C13H18F3N3/c1-3-12(2,13(14,15)16)19-11-5-4-9(8-18-11)10-6-17-7-10/h4-5,8,10,17H,3,6-7H2,1-2H3,(H,18,19). The molecule has 2 heterocycles. The Morgan fingerprint density at radius 1 is 1.37 bits per heavy atom. The first kappa shape index (κ1) is 14.1.